The number of aryl methyl sites for hydroxylation is 1. The van der Waals surface area contributed by atoms with Gasteiger partial charge in [-0.25, -0.2) is 8.42 Å². The zero-order chi connectivity index (χ0) is 19.6. The molecule has 0 saturated carbocycles. The highest BCUT2D eigenvalue weighted by atomic mass is 35.5. The van der Waals surface area contributed by atoms with E-state index in [9.17, 15) is 13.2 Å². The summed E-state index contributed by atoms with van der Waals surface area (Å²) in [5, 5.41) is 3.42. The fraction of sp³-hybridized carbons (Fsp3) is 0.350. The molecular weight excluding hydrogens is 384 g/mol. The van der Waals surface area contributed by atoms with E-state index in [-0.39, 0.29) is 16.8 Å². The number of halogens is 1. The van der Waals surface area contributed by atoms with E-state index in [2.05, 4.69) is 5.32 Å². The van der Waals surface area contributed by atoms with Crippen LogP contribution in [0.2, 0.25) is 5.02 Å². The third kappa shape index (κ3) is 4.34. The molecule has 1 aliphatic heterocycles. The number of carbonyl (C=O) groups excluding carboxylic acids is 1. The summed E-state index contributed by atoms with van der Waals surface area (Å²) in [6.45, 7) is 4.24. The minimum absolute atomic E-state index is 0.151. The maximum atomic E-state index is 13.0. The number of hydrogen-bond donors (Lipinski definition) is 1. The molecule has 2 unspecified atom stereocenters. The first-order chi connectivity index (χ1) is 12.8. The highest BCUT2D eigenvalue weighted by Gasteiger charge is 2.39. The van der Waals surface area contributed by atoms with E-state index in [0.29, 0.717) is 24.4 Å². The molecule has 0 bridgehead atoms. The number of amides is 1. The van der Waals surface area contributed by atoms with Crippen LogP contribution in [-0.2, 0) is 14.8 Å². The highest BCUT2D eigenvalue weighted by Crippen LogP contribution is 2.27. The summed E-state index contributed by atoms with van der Waals surface area (Å²) in [4.78, 5) is 13.0. The maximum absolute atomic E-state index is 13.0. The Balaban J connectivity index is 1.76. The number of hydrogen-bond acceptors (Lipinski definition) is 3. The van der Waals surface area contributed by atoms with Gasteiger partial charge in [-0.3, -0.25) is 4.79 Å². The van der Waals surface area contributed by atoms with Crippen molar-refractivity contribution in [2.24, 2.45) is 0 Å². The van der Waals surface area contributed by atoms with Gasteiger partial charge in [0.15, 0.2) is 0 Å². The average Bonchev–Trinajstić information content (AvgIpc) is 3.13. The zero-order valence-electron chi connectivity index (χ0n) is 15.4. The van der Waals surface area contributed by atoms with E-state index in [4.69, 9.17) is 11.6 Å². The molecule has 7 heteroatoms. The predicted molar refractivity (Wildman–Crippen MR) is 106 cm³/mol. The van der Waals surface area contributed by atoms with Crippen LogP contribution in [0.15, 0.2) is 53.4 Å². The van der Waals surface area contributed by atoms with Gasteiger partial charge in [0.25, 0.3) is 0 Å². The number of nitrogens with one attached hydrogen (secondary N) is 1. The van der Waals surface area contributed by atoms with Gasteiger partial charge in [-0.15, -0.1) is 0 Å². The van der Waals surface area contributed by atoms with Crippen molar-refractivity contribution in [2.75, 3.05) is 6.54 Å². The van der Waals surface area contributed by atoms with Gasteiger partial charge < -0.3 is 5.32 Å². The minimum Gasteiger partial charge on any atom is -0.348 e. The van der Waals surface area contributed by atoms with Crippen LogP contribution < -0.4 is 5.32 Å². The second-order valence-electron chi connectivity index (χ2n) is 6.87. The standard InChI is InChI=1S/C20H23ClN2O3S/c1-14-5-7-16(8-6-14)15(2)22-20(24)19-4-3-13-23(19)27(25,26)18-11-9-17(21)10-12-18/h5-12,15,19H,3-4,13H2,1-2H3,(H,22,24). The number of nitrogens with zero attached hydrogens (tertiary/aromatic N) is 1. The molecule has 2 aromatic rings. The minimum atomic E-state index is -3.74. The van der Waals surface area contributed by atoms with Crippen LogP contribution in [0.1, 0.15) is 36.9 Å². The Hall–Kier alpha value is -1.89. The Kier molecular flexibility index (Phi) is 5.89. The Bertz CT molecular complexity index is 911. The highest BCUT2D eigenvalue weighted by molar-refractivity contribution is 7.89. The van der Waals surface area contributed by atoms with Crippen LogP contribution in [0.25, 0.3) is 0 Å². The average molecular weight is 407 g/mol. The quantitative estimate of drug-likeness (QED) is 0.823. The first-order valence-electron chi connectivity index (χ1n) is 8.93. The fourth-order valence-corrected chi connectivity index (χ4v) is 5.06. The first kappa shape index (κ1) is 19.9. The number of rotatable bonds is 5. The van der Waals surface area contributed by atoms with Gasteiger partial charge >= 0.3 is 0 Å². The van der Waals surface area contributed by atoms with Crippen LogP contribution in [0, 0.1) is 6.92 Å². The summed E-state index contributed by atoms with van der Waals surface area (Å²) in [5.74, 6) is -0.266. The van der Waals surface area contributed by atoms with Crippen molar-refractivity contribution < 1.29 is 13.2 Å². The van der Waals surface area contributed by atoms with Crippen molar-refractivity contribution in [1.29, 1.82) is 0 Å². The third-order valence-electron chi connectivity index (χ3n) is 4.86. The lowest BCUT2D eigenvalue weighted by molar-refractivity contribution is -0.124. The van der Waals surface area contributed by atoms with Crippen LogP contribution >= 0.6 is 11.6 Å². The SMILES string of the molecule is Cc1ccc(C(C)NC(=O)C2CCCN2S(=O)(=O)c2ccc(Cl)cc2)cc1. The van der Waals surface area contributed by atoms with E-state index < -0.39 is 16.1 Å². The van der Waals surface area contributed by atoms with Crippen LogP contribution in [0.3, 0.4) is 0 Å². The number of sulfonamides is 1. The van der Waals surface area contributed by atoms with Gasteiger partial charge in [-0.1, -0.05) is 41.4 Å². The molecule has 0 spiro atoms. The molecule has 2 atom stereocenters. The monoisotopic (exact) mass is 406 g/mol. The molecule has 0 aliphatic carbocycles. The normalized spacial score (nSPS) is 19.0. The maximum Gasteiger partial charge on any atom is 0.243 e. The molecule has 27 heavy (non-hydrogen) atoms. The smallest absolute Gasteiger partial charge is 0.243 e. The Morgan fingerprint density at radius 2 is 1.78 bits per heavy atom. The van der Waals surface area contributed by atoms with E-state index >= 15 is 0 Å². The van der Waals surface area contributed by atoms with Crippen molar-refractivity contribution in [3.8, 4) is 0 Å². The second-order valence-corrected chi connectivity index (χ2v) is 9.20. The molecule has 5 nitrogen and oxygen atoms in total. The first-order valence-corrected chi connectivity index (χ1v) is 10.7. The Morgan fingerprint density at radius 1 is 1.15 bits per heavy atom. The predicted octanol–water partition coefficient (Wildman–Crippen LogP) is 3.68. The lowest BCUT2D eigenvalue weighted by Crippen LogP contribution is -2.46. The third-order valence-corrected chi connectivity index (χ3v) is 7.04. The van der Waals surface area contributed by atoms with Crippen molar-refractivity contribution >= 4 is 27.5 Å². The Morgan fingerprint density at radius 3 is 2.41 bits per heavy atom. The lowest BCUT2D eigenvalue weighted by Gasteiger charge is -2.25. The molecule has 0 radical (unpaired) electrons. The van der Waals surface area contributed by atoms with Crippen LogP contribution in [-0.4, -0.2) is 31.2 Å². The summed E-state index contributed by atoms with van der Waals surface area (Å²) in [5.41, 5.74) is 2.13. The molecule has 3 rings (SSSR count). The van der Waals surface area contributed by atoms with Gasteiger partial charge in [0.1, 0.15) is 6.04 Å². The summed E-state index contributed by atoms with van der Waals surface area (Å²) >= 11 is 5.85. The molecule has 1 aliphatic rings. The molecule has 1 saturated heterocycles. The van der Waals surface area contributed by atoms with Gasteiger partial charge in [0, 0.05) is 11.6 Å². The van der Waals surface area contributed by atoms with Crippen LogP contribution in [0.5, 0.6) is 0 Å². The van der Waals surface area contributed by atoms with Crippen LogP contribution in [0.4, 0.5) is 0 Å². The molecule has 1 N–H and O–H groups in total. The van der Waals surface area contributed by atoms with Gasteiger partial charge in [-0.2, -0.15) is 4.31 Å². The number of benzene rings is 2. The summed E-state index contributed by atoms with van der Waals surface area (Å²) in [6.07, 6.45) is 1.17. The summed E-state index contributed by atoms with van der Waals surface area (Å²) in [6, 6.07) is 13.1. The zero-order valence-corrected chi connectivity index (χ0v) is 16.9. The van der Waals surface area contributed by atoms with E-state index in [0.717, 1.165) is 11.1 Å². The van der Waals surface area contributed by atoms with E-state index in [1.54, 1.807) is 12.1 Å². The van der Waals surface area contributed by atoms with Crippen molar-refractivity contribution in [3.63, 3.8) is 0 Å². The van der Waals surface area contributed by atoms with Crippen molar-refractivity contribution in [1.82, 2.24) is 9.62 Å². The molecule has 2 aromatic carbocycles. The molecule has 1 heterocycles. The van der Waals surface area contributed by atoms with Crippen molar-refractivity contribution in [2.45, 2.75) is 43.7 Å². The Labute approximate surface area is 165 Å². The molecular formula is C20H23ClN2O3S. The molecule has 1 amide bonds. The largest absolute Gasteiger partial charge is 0.348 e. The van der Waals surface area contributed by atoms with Gasteiger partial charge in [-0.05, 0) is 56.5 Å². The van der Waals surface area contributed by atoms with E-state index in [1.165, 1.54) is 16.4 Å². The van der Waals surface area contributed by atoms with E-state index in [1.807, 2.05) is 38.1 Å². The molecule has 1 fully saturated rings. The van der Waals surface area contributed by atoms with Crippen molar-refractivity contribution in [3.05, 3.63) is 64.7 Å². The summed E-state index contributed by atoms with van der Waals surface area (Å²) in [7, 11) is -3.74. The molecule has 0 aromatic heterocycles. The summed E-state index contributed by atoms with van der Waals surface area (Å²) < 4.78 is 27.2. The second kappa shape index (κ2) is 8.00. The lowest BCUT2D eigenvalue weighted by atomic mass is 10.1. The molecule has 144 valence electrons. The topological polar surface area (TPSA) is 66.5 Å². The van der Waals surface area contributed by atoms with Gasteiger partial charge in [0.2, 0.25) is 15.9 Å². The van der Waals surface area contributed by atoms with Gasteiger partial charge in [0.05, 0.1) is 10.9 Å². The fourth-order valence-electron chi connectivity index (χ4n) is 3.28. The number of carbonyl (C=O) groups is 1.